The van der Waals surface area contributed by atoms with Crippen LogP contribution in [0.4, 0.5) is 17.6 Å². The van der Waals surface area contributed by atoms with Crippen molar-refractivity contribution in [2.75, 3.05) is 0 Å². The minimum atomic E-state index is -1.39. The van der Waals surface area contributed by atoms with Gasteiger partial charge in [0.15, 0.2) is 0 Å². The SMILES string of the molecule is Cc1cc(C(Cl)c2c(F)cc(Br)cc2F)c(F)cc1F. The van der Waals surface area contributed by atoms with Gasteiger partial charge in [-0.25, -0.2) is 17.6 Å². The Balaban J connectivity index is 2.57. The summed E-state index contributed by atoms with van der Waals surface area (Å²) in [5.41, 5.74) is -0.504. The molecule has 0 aliphatic rings. The molecule has 0 saturated carbocycles. The van der Waals surface area contributed by atoms with E-state index in [0.29, 0.717) is 6.07 Å². The largest absolute Gasteiger partial charge is 0.207 e. The molecule has 0 aliphatic heterocycles. The molecule has 106 valence electrons. The summed E-state index contributed by atoms with van der Waals surface area (Å²) < 4.78 is 54.8. The molecule has 0 saturated heterocycles. The summed E-state index contributed by atoms with van der Waals surface area (Å²) >= 11 is 8.91. The van der Waals surface area contributed by atoms with Crippen molar-refractivity contribution in [1.82, 2.24) is 0 Å². The molecule has 20 heavy (non-hydrogen) atoms. The highest BCUT2D eigenvalue weighted by molar-refractivity contribution is 9.10. The third-order valence-electron chi connectivity index (χ3n) is 2.85. The number of benzene rings is 2. The molecule has 2 aromatic carbocycles. The van der Waals surface area contributed by atoms with E-state index in [1.807, 2.05) is 0 Å². The first-order valence-corrected chi connectivity index (χ1v) is 6.78. The van der Waals surface area contributed by atoms with Crippen molar-refractivity contribution in [3.63, 3.8) is 0 Å². The van der Waals surface area contributed by atoms with Crippen LogP contribution in [0.1, 0.15) is 22.1 Å². The van der Waals surface area contributed by atoms with E-state index >= 15 is 0 Å². The topological polar surface area (TPSA) is 0 Å². The Morgan fingerprint density at radius 2 is 1.45 bits per heavy atom. The maximum absolute atomic E-state index is 13.8. The van der Waals surface area contributed by atoms with Crippen molar-refractivity contribution in [2.45, 2.75) is 12.3 Å². The van der Waals surface area contributed by atoms with E-state index in [4.69, 9.17) is 11.6 Å². The molecule has 0 heterocycles. The summed E-state index contributed by atoms with van der Waals surface area (Å²) in [7, 11) is 0. The Morgan fingerprint density at radius 3 is 2.00 bits per heavy atom. The Labute approximate surface area is 126 Å². The summed E-state index contributed by atoms with van der Waals surface area (Å²) in [6.45, 7) is 1.41. The molecule has 1 atom stereocenters. The minimum Gasteiger partial charge on any atom is -0.207 e. The van der Waals surface area contributed by atoms with Crippen LogP contribution in [0.15, 0.2) is 28.7 Å². The molecule has 0 nitrogen and oxygen atoms in total. The molecule has 0 aromatic heterocycles. The number of halogens is 6. The zero-order valence-corrected chi connectivity index (χ0v) is 12.5. The highest BCUT2D eigenvalue weighted by Gasteiger charge is 2.24. The van der Waals surface area contributed by atoms with Crippen molar-refractivity contribution in [3.05, 3.63) is 68.7 Å². The van der Waals surface area contributed by atoms with Gasteiger partial charge in [0.1, 0.15) is 23.3 Å². The Hall–Kier alpha value is -1.07. The summed E-state index contributed by atoms with van der Waals surface area (Å²) in [6.07, 6.45) is 0. The first-order valence-electron chi connectivity index (χ1n) is 5.55. The fraction of sp³-hybridized carbons (Fsp3) is 0.143. The van der Waals surface area contributed by atoms with Crippen LogP contribution in [-0.2, 0) is 0 Å². The van der Waals surface area contributed by atoms with Gasteiger partial charge in [-0.2, -0.15) is 0 Å². The van der Waals surface area contributed by atoms with Crippen molar-refractivity contribution >= 4 is 27.5 Å². The molecular weight excluding hydrogens is 360 g/mol. The molecule has 6 heteroatoms. The second-order valence-electron chi connectivity index (χ2n) is 4.27. The fourth-order valence-corrected chi connectivity index (χ4v) is 2.60. The third-order valence-corrected chi connectivity index (χ3v) is 3.76. The van der Waals surface area contributed by atoms with Gasteiger partial charge in [-0.15, -0.1) is 11.6 Å². The van der Waals surface area contributed by atoms with E-state index in [2.05, 4.69) is 15.9 Å². The van der Waals surface area contributed by atoms with E-state index in [-0.39, 0.29) is 15.6 Å². The highest BCUT2D eigenvalue weighted by Crippen LogP contribution is 2.36. The van der Waals surface area contributed by atoms with Gasteiger partial charge in [0.05, 0.1) is 5.38 Å². The Kier molecular flexibility index (Phi) is 4.39. The Morgan fingerprint density at radius 1 is 0.900 bits per heavy atom. The third kappa shape index (κ3) is 2.83. The van der Waals surface area contributed by atoms with E-state index < -0.39 is 34.2 Å². The van der Waals surface area contributed by atoms with Crippen molar-refractivity contribution < 1.29 is 17.6 Å². The van der Waals surface area contributed by atoms with Gasteiger partial charge in [0, 0.05) is 21.7 Å². The fourth-order valence-electron chi connectivity index (χ4n) is 1.82. The first-order chi connectivity index (χ1) is 9.31. The molecule has 0 radical (unpaired) electrons. The number of rotatable bonds is 2. The van der Waals surface area contributed by atoms with Gasteiger partial charge in [0.25, 0.3) is 0 Å². The lowest BCUT2D eigenvalue weighted by Gasteiger charge is -2.14. The van der Waals surface area contributed by atoms with Gasteiger partial charge < -0.3 is 0 Å². The second kappa shape index (κ2) is 5.74. The molecule has 0 spiro atoms. The minimum absolute atomic E-state index is 0.143. The van der Waals surface area contributed by atoms with E-state index in [0.717, 1.165) is 18.2 Å². The summed E-state index contributed by atoms with van der Waals surface area (Å²) in [4.78, 5) is 0. The molecular formula is C14H8BrClF4. The molecule has 2 aromatic rings. The van der Waals surface area contributed by atoms with Crippen molar-refractivity contribution in [1.29, 1.82) is 0 Å². The molecule has 0 amide bonds. The Bertz CT molecular complexity index is 649. The molecule has 0 aliphatic carbocycles. The van der Waals surface area contributed by atoms with Gasteiger partial charge in [-0.05, 0) is 30.7 Å². The maximum Gasteiger partial charge on any atom is 0.132 e. The smallest absolute Gasteiger partial charge is 0.132 e. The van der Waals surface area contributed by atoms with Crippen LogP contribution in [0.5, 0.6) is 0 Å². The molecule has 0 N–H and O–H groups in total. The first kappa shape index (κ1) is 15.3. The molecule has 0 fully saturated rings. The average molecular weight is 368 g/mol. The molecule has 1 unspecified atom stereocenters. The van der Waals surface area contributed by atoms with Gasteiger partial charge in [-0.3, -0.25) is 0 Å². The lowest BCUT2D eigenvalue weighted by atomic mass is 10.0. The number of alkyl halides is 1. The lowest BCUT2D eigenvalue weighted by molar-refractivity contribution is 0.546. The van der Waals surface area contributed by atoms with Crippen molar-refractivity contribution in [3.8, 4) is 0 Å². The maximum atomic E-state index is 13.8. The van der Waals surface area contributed by atoms with Crippen LogP contribution >= 0.6 is 27.5 Å². The van der Waals surface area contributed by atoms with Gasteiger partial charge in [0.2, 0.25) is 0 Å². The quantitative estimate of drug-likeness (QED) is 0.476. The van der Waals surface area contributed by atoms with Crippen LogP contribution < -0.4 is 0 Å². The van der Waals surface area contributed by atoms with Crippen LogP contribution in [0.25, 0.3) is 0 Å². The number of hydrogen-bond acceptors (Lipinski definition) is 0. The highest BCUT2D eigenvalue weighted by atomic mass is 79.9. The van der Waals surface area contributed by atoms with E-state index in [9.17, 15) is 17.6 Å². The zero-order chi connectivity index (χ0) is 15.0. The monoisotopic (exact) mass is 366 g/mol. The van der Waals surface area contributed by atoms with E-state index in [1.54, 1.807) is 0 Å². The van der Waals surface area contributed by atoms with Crippen LogP contribution in [0, 0.1) is 30.2 Å². The van der Waals surface area contributed by atoms with Gasteiger partial charge >= 0.3 is 0 Å². The summed E-state index contributed by atoms with van der Waals surface area (Å²) in [5, 5.41) is -1.39. The number of hydrogen-bond donors (Lipinski definition) is 0. The van der Waals surface area contributed by atoms with Gasteiger partial charge in [-0.1, -0.05) is 15.9 Å². The molecule has 0 bridgehead atoms. The van der Waals surface area contributed by atoms with E-state index in [1.165, 1.54) is 6.92 Å². The average Bonchev–Trinajstić information content (AvgIpc) is 2.32. The summed E-state index contributed by atoms with van der Waals surface area (Å²) in [5.74, 6) is -3.50. The second-order valence-corrected chi connectivity index (χ2v) is 5.62. The predicted molar refractivity (Wildman–Crippen MR) is 72.8 cm³/mol. The standard InChI is InChI=1S/C14H8BrClF4/c1-6-2-8(10(18)5-9(6)17)14(16)13-11(19)3-7(15)4-12(13)20/h2-5,14H,1H3. The predicted octanol–water partition coefficient (Wildman–Crippen LogP) is 5.64. The number of aryl methyl sites for hydroxylation is 1. The van der Waals surface area contributed by atoms with Crippen molar-refractivity contribution in [2.24, 2.45) is 0 Å². The van der Waals surface area contributed by atoms with Crippen LogP contribution in [-0.4, -0.2) is 0 Å². The summed E-state index contributed by atoms with van der Waals surface area (Å²) in [6, 6.07) is 3.85. The van der Waals surface area contributed by atoms with Crippen LogP contribution in [0.3, 0.4) is 0 Å². The van der Waals surface area contributed by atoms with Crippen LogP contribution in [0.2, 0.25) is 0 Å². The molecule has 2 rings (SSSR count). The normalized spacial score (nSPS) is 12.6. The lowest BCUT2D eigenvalue weighted by Crippen LogP contribution is -2.05. The zero-order valence-electron chi connectivity index (χ0n) is 10.2.